The Hall–Kier alpha value is -4.15. The Labute approximate surface area is 206 Å². The monoisotopic (exact) mass is 498 g/mol. The van der Waals surface area contributed by atoms with E-state index >= 15 is 0 Å². The number of carbonyl (C=O) groups is 5. The maximum Gasteiger partial charge on any atom is 0.308 e. The van der Waals surface area contributed by atoms with Crippen LogP contribution < -0.4 is 15.4 Å². The molecule has 0 radical (unpaired) electrons. The van der Waals surface area contributed by atoms with E-state index in [0.717, 1.165) is 6.92 Å². The minimum atomic E-state index is -2.40. The second kappa shape index (κ2) is 8.51. The van der Waals surface area contributed by atoms with Crippen molar-refractivity contribution in [1.29, 1.82) is 0 Å². The SMILES string of the molecule is CC(=O)Oc1ccc(N(C)C)c2c1C(O)=C1C(=O)[C@]3(OC(C)=O)C(O)=C(C(N)=O)C(=O)C[C@@H]3C[C@@H]1C2. The number of esters is 2. The van der Waals surface area contributed by atoms with E-state index in [-0.39, 0.29) is 36.1 Å². The van der Waals surface area contributed by atoms with Gasteiger partial charge in [0.1, 0.15) is 17.1 Å². The van der Waals surface area contributed by atoms with E-state index < -0.39 is 63.9 Å². The van der Waals surface area contributed by atoms with Crippen LogP contribution in [-0.4, -0.2) is 59.3 Å². The molecule has 4 rings (SSSR count). The van der Waals surface area contributed by atoms with E-state index in [1.165, 1.54) is 13.0 Å². The van der Waals surface area contributed by atoms with Crippen molar-refractivity contribution in [2.75, 3.05) is 19.0 Å². The number of ketones is 2. The van der Waals surface area contributed by atoms with Gasteiger partial charge in [0.25, 0.3) is 5.91 Å². The van der Waals surface area contributed by atoms with Crippen LogP contribution in [0.4, 0.5) is 5.69 Å². The molecule has 3 atom stereocenters. The first-order valence-electron chi connectivity index (χ1n) is 11.3. The summed E-state index contributed by atoms with van der Waals surface area (Å²) in [5.41, 5.74) is 3.38. The third kappa shape index (κ3) is 3.53. The number of benzene rings is 1. The standard InChI is InChI=1S/C25H26N2O9/c1-10(28)35-17-6-5-15(27(3)4)14-8-12-7-13-9-16(30)20(24(26)34)23(33)25(13,36-11(2)29)22(32)18(12)21(31)19(14)17/h5-6,12-13,31,33H,7-9H2,1-4H3,(H2,26,34)/t12-,13+,25+/m1/s1. The van der Waals surface area contributed by atoms with Gasteiger partial charge < -0.3 is 30.3 Å². The minimum Gasteiger partial charge on any atom is -0.507 e. The number of hydrogen-bond acceptors (Lipinski definition) is 10. The molecule has 1 aromatic carbocycles. The number of carbonyl (C=O) groups excluding carboxylic acids is 5. The molecule has 0 bridgehead atoms. The first kappa shape index (κ1) is 25.0. The first-order chi connectivity index (χ1) is 16.8. The second-order valence-electron chi connectivity index (χ2n) is 9.39. The molecule has 0 aromatic heterocycles. The molecule has 190 valence electrons. The number of anilines is 1. The van der Waals surface area contributed by atoms with Crippen LogP contribution in [0.1, 0.15) is 37.8 Å². The topological polar surface area (TPSA) is 174 Å². The van der Waals surface area contributed by atoms with Gasteiger partial charge in [0, 0.05) is 51.5 Å². The summed E-state index contributed by atoms with van der Waals surface area (Å²) in [6.07, 6.45) is -0.0613. The molecule has 1 saturated carbocycles. The summed E-state index contributed by atoms with van der Waals surface area (Å²) in [4.78, 5) is 64.3. The van der Waals surface area contributed by atoms with Gasteiger partial charge in [-0.2, -0.15) is 0 Å². The number of aliphatic hydroxyl groups excluding tert-OH is 2. The van der Waals surface area contributed by atoms with E-state index in [1.54, 1.807) is 25.1 Å². The Bertz CT molecular complexity index is 1310. The van der Waals surface area contributed by atoms with Crippen molar-refractivity contribution in [1.82, 2.24) is 0 Å². The molecule has 0 aliphatic heterocycles. The molecule has 11 heteroatoms. The summed E-state index contributed by atoms with van der Waals surface area (Å²) < 4.78 is 10.7. The smallest absolute Gasteiger partial charge is 0.308 e. The number of nitrogens with two attached hydrogens (primary N) is 1. The molecule has 1 amide bonds. The molecule has 0 saturated heterocycles. The van der Waals surface area contributed by atoms with E-state index in [9.17, 15) is 34.2 Å². The number of aliphatic hydroxyl groups is 2. The molecule has 4 N–H and O–H groups in total. The van der Waals surface area contributed by atoms with Gasteiger partial charge in [0.05, 0.1) is 5.56 Å². The molecule has 3 aliphatic carbocycles. The lowest BCUT2D eigenvalue weighted by atomic mass is 9.59. The molecule has 0 heterocycles. The number of hydrogen-bond donors (Lipinski definition) is 3. The lowest BCUT2D eigenvalue weighted by Gasteiger charge is -2.48. The van der Waals surface area contributed by atoms with Crippen LogP contribution in [0.2, 0.25) is 0 Å². The van der Waals surface area contributed by atoms with Crippen molar-refractivity contribution in [3.8, 4) is 5.75 Å². The predicted octanol–water partition coefficient (Wildman–Crippen LogP) is 1.28. The fourth-order valence-electron chi connectivity index (χ4n) is 5.64. The molecular formula is C25H26N2O9. The summed E-state index contributed by atoms with van der Waals surface area (Å²) in [5.74, 6) is -7.69. The van der Waals surface area contributed by atoms with E-state index in [1.807, 2.05) is 0 Å². The third-order valence-electron chi connectivity index (χ3n) is 6.91. The zero-order valence-corrected chi connectivity index (χ0v) is 20.2. The van der Waals surface area contributed by atoms with Gasteiger partial charge in [-0.15, -0.1) is 0 Å². The summed E-state index contributed by atoms with van der Waals surface area (Å²) in [7, 11) is 3.59. The Balaban J connectivity index is 2.02. The van der Waals surface area contributed by atoms with Crippen molar-refractivity contribution < 1.29 is 43.7 Å². The number of primary amides is 1. The highest BCUT2D eigenvalue weighted by molar-refractivity contribution is 6.23. The number of Topliss-reactive ketones (excluding diaryl/α,β-unsaturated/α-hetero) is 2. The predicted molar refractivity (Wildman–Crippen MR) is 125 cm³/mol. The van der Waals surface area contributed by atoms with Gasteiger partial charge >= 0.3 is 11.9 Å². The third-order valence-corrected chi connectivity index (χ3v) is 6.91. The largest absolute Gasteiger partial charge is 0.507 e. The minimum absolute atomic E-state index is 0.0272. The second-order valence-corrected chi connectivity index (χ2v) is 9.39. The normalized spacial score (nSPS) is 25.0. The highest BCUT2D eigenvalue weighted by Crippen LogP contribution is 2.54. The molecule has 1 fully saturated rings. The van der Waals surface area contributed by atoms with E-state index in [2.05, 4.69) is 0 Å². The average molecular weight is 498 g/mol. The Kier molecular flexibility index (Phi) is 5.90. The Morgan fingerprint density at radius 3 is 2.31 bits per heavy atom. The van der Waals surface area contributed by atoms with Crippen LogP contribution in [0.25, 0.3) is 5.76 Å². The van der Waals surface area contributed by atoms with E-state index in [0.29, 0.717) is 11.3 Å². The van der Waals surface area contributed by atoms with Crippen LogP contribution in [-0.2, 0) is 35.1 Å². The summed E-state index contributed by atoms with van der Waals surface area (Å²) in [6, 6.07) is 3.22. The molecule has 0 spiro atoms. The van der Waals surface area contributed by atoms with Crippen LogP contribution >= 0.6 is 0 Å². The Morgan fingerprint density at radius 1 is 1.08 bits per heavy atom. The molecule has 0 unspecified atom stereocenters. The first-order valence-corrected chi connectivity index (χ1v) is 11.3. The fourth-order valence-corrected chi connectivity index (χ4v) is 5.64. The van der Waals surface area contributed by atoms with Gasteiger partial charge in [-0.3, -0.25) is 24.0 Å². The Morgan fingerprint density at radius 2 is 1.75 bits per heavy atom. The van der Waals surface area contributed by atoms with Crippen molar-refractivity contribution >= 4 is 40.9 Å². The van der Waals surface area contributed by atoms with Crippen LogP contribution in [0, 0.1) is 11.8 Å². The lowest BCUT2D eigenvalue weighted by molar-refractivity contribution is -0.175. The van der Waals surface area contributed by atoms with Crippen molar-refractivity contribution in [2.45, 2.75) is 38.7 Å². The number of ether oxygens (including phenoxy) is 2. The lowest BCUT2D eigenvalue weighted by Crippen LogP contribution is -2.60. The van der Waals surface area contributed by atoms with Crippen molar-refractivity contribution in [2.24, 2.45) is 17.6 Å². The molecule has 3 aliphatic rings. The maximum atomic E-state index is 14.0. The highest BCUT2D eigenvalue weighted by Gasteiger charge is 2.63. The van der Waals surface area contributed by atoms with Gasteiger partial charge in [-0.1, -0.05) is 0 Å². The number of rotatable bonds is 4. The van der Waals surface area contributed by atoms with Gasteiger partial charge in [0.15, 0.2) is 11.5 Å². The molecule has 1 aromatic rings. The highest BCUT2D eigenvalue weighted by atomic mass is 16.6. The van der Waals surface area contributed by atoms with Gasteiger partial charge in [-0.25, -0.2) is 0 Å². The van der Waals surface area contributed by atoms with E-state index in [4.69, 9.17) is 15.2 Å². The zero-order valence-electron chi connectivity index (χ0n) is 20.2. The average Bonchev–Trinajstić information content (AvgIpc) is 2.74. The van der Waals surface area contributed by atoms with Crippen LogP contribution in [0.5, 0.6) is 5.75 Å². The zero-order chi connectivity index (χ0) is 26.7. The molecule has 11 nitrogen and oxygen atoms in total. The number of fused-ring (bicyclic) bond motifs is 3. The van der Waals surface area contributed by atoms with Gasteiger partial charge in [-0.05, 0) is 36.5 Å². The van der Waals surface area contributed by atoms with Gasteiger partial charge in [0.2, 0.25) is 11.4 Å². The summed E-state index contributed by atoms with van der Waals surface area (Å²) in [5, 5.41) is 22.4. The maximum absolute atomic E-state index is 14.0. The molecule has 36 heavy (non-hydrogen) atoms. The van der Waals surface area contributed by atoms with Crippen LogP contribution in [0.3, 0.4) is 0 Å². The summed E-state index contributed by atoms with van der Waals surface area (Å²) >= 11 is 0. The van der Waals surface area contributed by atoms with Crippen LogP contribution in [0.15, 0.2) is 29.0 Å². The number of nitrogens with zero attached hydrogens (tertiary/aromatic N) is 1. The van der Waals surface area contributed by atoms with Crippen molar-refractivity contribution in [3.05, 3.63) is 40.2 Å². The number of amides is 1. The van der Waals surface area contributed by atoms with Crippen molar-refractivity contribution in [3.63, 3.8) is 0 Å². The quantitative estimate of drug-likeness (QED) is 0.312. The fraction of sp³-hybridized carbons (Fsp3) is 0.400. The molecular weight excluding hydrogens is 472 g/mol. The summed E-state index contributed by atoms with van der Waals surface area (Å²) in [6.45, 7) is 2.22.